The van der Waals surface area contributed by atoms with Crippen LogP contribution in [0.5, 0.6) is 5.75 Å². The number of hydrogen-bond donors (Lipinski definition) is 2. The van der Waals surface area contributed by atoms with Crippen LogP contribution in [-0.2, 0) is 5.54 Å². The van der Waals surface area contributed by atoms with Crippen molar-refractivity contribution in [3.63, 3.8) is 0 Å². The predicted molar refractivity (Wildman–Crippen MR) is 120 cm³/mol. The van der Waals surface area contributed by atoms with Gasteiger partial charge in [0.15, 0.2) is 0 Å². The molecule has 150 valence electrons. The minimum atomic E-state index is -0.508. The molecule has 4 nitrogen and oxygen atoms in total. The zero-order valence-corrected chi connectivity index (χ0v) is 17.3. The van der Waals surface area contributed by atoms with Crippen molar-refractivity contribution >= 4 is 22.4 Å². The van der Waals surface area contributed by atoms with Gasteiger partial charge in [0.2, 0.25) is 0 Å². The van der Waals surface area contributed by atoms with Crippen molar-refractivity contribution in [1.29, 1.82) is 0 Å². The van der Waals surface area contributed by atoms with Crippen molar-refractivity contribution in [2.75, 3.05) is 13.2 Å². The van der Waals surface area contributed by atoms with Crippen molar-refractivity contribution in [2.45, 2.75) is 26.3 Å². The highest BCUT2D eigenvalue weighted by molar-refractivity contribution is 5.88. The number of carbonyl (C=O) groups is 1. The molecule has 0 aromatic heterocycles. The molecule has 4 heteroatoms. The van der Waals surface area contributed by atoms with Gasteiger partial charge in [0, 0.05) is 5.39 Å². The number of urea groups is 1. The molecule has 3 rings (SSSR count). The number of nitrogens with one attached hydrogen (secondary N) is 2. The molecule has 29 heavy (non-hydrogen) atoms. The van der Waals surface area contributed by atoms with Crippen LogP contribution in [0.15, 0.2) is 73.3 Å². The van der Waals surface area contributed by atoms with Gasteiger partial charge in [-0.25, -0.2) is 4.79 Å². The van der Waals surface area contributed by atoms with Crippen LogP contribution in [0.3, 0.4) is 0 Å². The van der Waals surface area contributed by atoms with Gasteiger partial charge in [-0.05, 0) is 49.4 Å². The Labute approximate surface area is 172 Å². The normalized spacial score (nSPS) is 11.1. The van der Waals surface area contributed by atoms with E-state index in [1.165, 1.54) is 0 Å². The molecule has 0 aliphatic heterocycles. The van der Waals surface area contributed by atoms with Crippen LogP contribution in [0.25, 0.3) is 16.3 Å². The monoisotopic (exact) mass is 388 g/mol. The molecule has 0 saturated heterocycles. The highest BCUT2D eigenvalue weighted by atomic mass is 16.5. The van der Waals surface area contributed by atoms with Gasteiger partial charge in [0.25, 0.3) is 0 Å². The summed E-state index contributed by atoms with van der Waals surface area (Å²) in [6.07, 6.45) is 0. The zero-order chi connectivity index (χ0) is 20.9. The van der Waals surface area contributed by atoms with Crippen LogP contribution in [0.1, 0.15) is 31.9 Å². The third kappa shape index (κ3) is 5.17. The third-order valence-electron chi connectivity index (χ3n) is 4.90. The lowest BCUT2D eigenvalue weighted by atomic mass is 9.92. The largest absolute Gasteiger partial charge is 0.491 e. The number of amides is 2. The molecule has 0 saturated carbocycles. The molecule has 0 heterocycles. The molecule has 0 unspecified atom stereocenters. The molecule has 2 amide bonds. The van der Waals surface area contributed by atoms with Crippen molar-refractivity contribution in [3.05, 3.63) is 84.4 Å². The predicted octanol–water partition coefficient (Wildman–Crippen LogP) is 5.49. The van der Waals surface area contributed by atoms with E-state index in [2.05, 4.69) is 35.4 Å². The first kappa shape index (κ1) is 20.5. The number of hydrogen-bond acceptors (Lipinski definition) is 2. The summed E-state index contributed by atoms with van der Waals surface area (Å²) in [6, 6.07) is 21.9. The van der Waals surface area contributed by atoms with Crippen LogP contribution < -0.4 is 15.4 Å². The third-order valence-corrected chi connectivity index (χ3v) is 4.90. The number of benzene rings is 3. The first-order valence-corrected chi connectivity index (χ1v) is 9.80. The summed E-state index contributed by atoms with van der Waals surface area (Å²) in [6.45, 7) is 10.7. The van der Waals surface area contributed by atoms with E-state index in [1.54, 1.807) is 0 Å². The molecule has 0 radical (unpaired) electrons. The van der Waals surface area contributed by atoms with Crippen LogP contribution >= 0.6 is 0 Å². The molecule has 2 N–H and O–H groups in total. The number of carbonyl (C=O) groups excluding carboxylic acids is 1. The van der Waals surface area contributed by atoms with Gasteiger partial charge in [-0.3, -0.25) is 0 Å². The summed E-state index contributed by atoms with van der Waals surface area (Å²) < 4.78 is 5.87. The second-order valence-corrected chi connectivity index (χ2v) is 7.69. The topological polar surface area (TPSA) is 50.4 Å². The maximum absolute atomic E-state index is 12.4. The fourth-order valence-electron chi connectivity index (χ4n) is 3.22. The van der Waals surface area contributed by atoms with E-state index in [0.717, 1.165) is 33.2 Å². The summed E-state index contributed by atoms with van der Waals surface area (Å²) >= 11 is 0. The van der Waals surface area contributed by atoms with Gasteiger partial charge in [-0.1, -0.05) is 66.7 Å². The first-order valence-electron chi connectivity index (χ1n) is 9.80. The smallest absolute Gasteiger partial charge is 0.315 e. The molecule has 0 aliphatic rings. The number of ether oxygens (including phenoxy) is 1. The molecular formula is C25H28N2O2. The van der Waals surface area contributed by atoms with E-state index in [4.69, 9.17) is 4.74 Å². The zero-order valence-electron chi connectivity index (χ0n) is 17.3. The summed E-state index contributed by atoms with van der Waals surface area (Å²) in [5.74, 6) is 0.822. The average molecular weight is 389 g/mol. The maximum atomic E-state index is 12.4. The minimum absolute atomic E-state index is 0.225. The lowest BCUT2D eigenvalue weighted by Crippen LogP contribution is -2.47. The summed E-state index contributed by atoms with van der Waals surface area (Å²) in [5.41, 5.74) is 2.59. The molecule has 0 spiro atoms. The van der Waals surface area contributed by atoms with Gasteiger partial charge < -0.3 is 15.4 Å². The van der Waals surface area contributed by atoms with E-state index in [0.29, 0.717) is 13.2 Å². The summed E-state index contributed by atoms with van der Waals surface area (Å²) in [5, 5.41) is 8.10. The van der Waals surface area contributed by atoms with Crippen molar-refractivity contribution in [2.24, 2.45) is 0 Å². The fourth-order valence-corrected chi connectivity index (χ4v) is 3.22. The Bertz CT molecular complexity index is 1020. The van der Waals surface area contributed by atoms with Gasteiger partial charge >= 0.3 is 6.03 Å². The van der Waals surface area contributed by atoms with Crippen molar-refractivity contribution in [3.8, 4) is 5.75 Å². The molecule has 0 atom stereocenters. The van der Waals surface area contributed by atoms with Crippen molar-refractivity contribution in [1.82, 2.24) is 10.6 Å². The highest BCUT2D eigenvalue weighted by Crippen LogP contribution is 2.25. The number of fused-ring (bicyclic) bond motifs is 1. The molecule has 3 aromatic rings. The van der Waals surface area contributed by atoms with Crippen LogP contribution in [0.2, 0.25) is 0 Å². The van der Waals surface area contributed by atoms with Gasteiger partial charge in [0.05, 0.1) is 12.1 Å². The number of rotatable bonds is 7. The second kappa shape index (κ2) is 8.82. The van der Waals surface area contributed by atoms with Crippen LogP contribution in [0, 0.1) is 0 Å². The Hall–Kier alpha value is -3.27. The Kier molecular flexibility index (Phi) is 6.23. The Morgan fingerprint density at radius 3 is 2.55 bits per heavy atom. The summed E-state index contributed by atoms with van der Waals surface area (Å²) in [7, 11) is 0. The average Bonchev–Trinajstić information content (AvgIpc) is 2.71. The Morgan fingerprint density at radius 1 is 1.03 bits per heavy atom. The Morgan fingerprint density at radius 2 is 1.76 bits per heavy atom. The first-order chi connectivity index (χ1) is 13.9. The molecular weight excluding hydrogens is 360 g/mol. The molecule has 0 bridgehead atoms. The molecule has 0 aliphatic carbocycles. The van der Waals surface area contributed by atoms with Crippen molar-refractivity contribution < 1.29 is 9.53 Å². The van der Waals surface area contributed by atoms with Crippen LogP contribution in [0.4, 0.5) is 4.79 Å². The van der Waals surface area contributed by atoms with Crippen LogP contribution in [-0.4, -0.2) is 19.2 Å². The van der Waals surface area contributed by atoms with E-state index >= 15 is 0 Å². The lowest BCUT2D eigenvalue weighted by molar-refractivity contribution is 0.226. The second-order valence-electron chi connectivity index (χ2n) is 7.69. The van der Waals surface area contributed by atoms with E-state index in [-0.39, 0.29) is 6.03 Å². The quantitative estimate of drug-likeness (QED) is 0.526. The van der Waals surface area contributed by atoms with Gasteiger partial charge in [-0.2, -0.15) is 0 Å². The van der Waals surface area contributed by atoms with E-state index in [1.807, 2.05) is 69.3 Å². The minimum Gasteiger partial charge on any atom is -0.491 e. The lowest BCUT2D eigenvalue weighted by Gasteiger charge is -2.27. The van der Waals surface area contributed by atoms with Gasteiger partial charge in [0.1, 0.15) is 12.4 Å². The highest BCUT2D eigenvalue weighted by Gasteiger charge is 2.23. The molecule has 0 fully saturated rings. The fraction of sp³-hybridized carbons (Fsp3) is 0.240. The van der Waals surface area contributed by atoms with E-state index in [9.17, 15) is 4.79 Å². The standard InChI is InChI=1S/C25H28N2O2/c1-18(2)20-11-7-12-21(17-20)25(3,4)27-24(28)26-15-16-29-23-14-8-10-19-9-5-6-13-22(19)23/h5-14,17H,1,15-16H2,2-4H3,(H2,26,27,28). The SMILES string of the molecule is C=C(C)c1cccc(C(C)(C)NC(=O)NCCOc2cccc3ccccc23)c1. The maximum Gasteiger partial charge on any atom is 0.315 e. The molecule has 3 aromatic carbocycles. The number of allylic oxidation sites excluding steroid dienone is 1. The van der Waals surface area contributed by atoms with E-state index < -0.39 is 5.54 Å². The Balaban J connectivity index is 1.53. The summed E-state index contributed by atoms with van der Waals surface area (Å²) in [4.78, 5) is 12.4. The van der Waals surface area contributed by atoms with Gasteiger partial charge in [-0.15, -0.1) is 0 Å².